The molecule has 2 heterocycles. The van der Waals surface area contributed by atoms with Crippen molar-refractivity contribution in [1.29, 1.82) is 0 Å². The van der Waals surface area contributed by atoms with Gasteiger partial charge in [-0.2, -0.15) is 0 Å². The maximum absolute atomic E-state index is 13.5. The molecule has 55 heavy (non-hydrogen) atoms. The fraction of sp³-hybridized carbons (Fsp3) is 0.465. The molecule has 2 aliphatic heterocycles. The van der Waals surface area contributed by atoms with Crippen molar-refractivity contribution in [3.8, 4) is 0 Å². The number of ether oxygens (including phenoxy) is 9. The molecule has 12 heteroatoms. The van der Waals surface area contributed by atoms with Gasteiger partial charge >= 0.3 is 11.9 Å². The van der Waals surface area contributed by atoms with Crippen molar-refractivity contribution in [2.75, 3.05) is 6.61 Å². The highest BCUT2D eigenvalue weighted by atomic mass is 16.8. The Morgan fingerprint density at radius 3 is 1.51 bits per heavy atom. The number of rotatable bonds is 19. The first-order valence-corrected chi connectivity index (χ1v) is 18.6. The second kappa shape index (κ2) is 21.1. The Morgan fingerprint density at radius 2 is 1.04 bits per heavy atom. The van der Waals surface area contributed by atoms with Gasteiger partial charge in [0.15, 0.2) is 24.8 Å². The van der Waals surface area contributed by atoms with Gasteiger partial charge in [-0.15, -0.1) is 6.58 Å². The first-order valence-electron chi connectivity index (χ1n) is 18.6. The molecule has 2 saturated heterocycles. The van der Waals surface area contributed by atoms with Gasteiger partial charge in [-0.25, -0.2) is 0 Å². The summed E-state index contributed by atoms with van der Waals surface area (Å²) in [6.45, 7) is 10.7. The second-order valence-corrected chi connectivity index (χ2v) is 13.7. The lowest BCUT2D eigenvalue weighted by molar-refractivity contribution is -0.363. The average molecular weight is 761 g/mol. The molecule has 10 atom stereocenters. The van der Waals surface area contributed by atoms with E-state index < -0.39 is 73.4 Å². The fourth-order valence-electron chi connectivity index (χ4n) is 6.54. The lowest BCUT2D eigenvalue weighted by Crippen LogP contribution is -2.65. The van der Waals surface area contributed by atoms with Gasteiger partial charge in [-0.05, 0) is 37.5 Å². The summed E-state index contributed by atoms with van der Waals surface area (Å²) in [5, 5.41) is 0. The van der Waals surface area contributed by atoms with Gasteiger partial charge in [0.2, 0.25) is 0 Å². The number of carbonyl (C=O) groups is 3. The van der Waals surface area contributed by atoms with Crippen LogP contribution < -0.4 is 0 Å². The SMILES string of the molecule is C=CCO[C@@H]1O[C@@H](C)[C@H](OCc2ccccc2)[C@@H](O[C@@H]2O[C@@H](C)[C@H](OCc3ccccc3)[C@@H](OCc3ccccc3)[C@H]2OC(=O)CCC(C)=O)[C@H]1OC(C)=O. The zero-order valence-corrected chi connectivity index (χ0v) is 31.9. The van der Waals surface area contributed by atoms with Gasteiger partial charge in [0.1, 0.15) is 30.2 Å². The number of carbonyl (C=O) groups excluding carboxylic acids is 3. The van der Waals surface area contributed by atoms with E-state index in [9.17, 15) is 14.4 Å². The third-order valence-corrected chi connectivity index (χ3v) is 9.23. The largest absolute Gasteiger partial charge is 0.454 e. The van der Waals surface area contributed by atoms with Gasteiger partial charge in [0, 0.05) is 13.3 Å². The van der Waals surface area contributed by atoms with E-state index in [1.165, 1.54) is 13.8 Å². The third-order valence-electron chi connectivity index (χ3n) is 9.23. The molecule has 0 aliphatic carbocycles. The molecule has 5 rings (SSSR count). The van der Waals surface area contributed by atoms with Crippen LogP contribution in [0.1, 0.15) is 57.2 Å². The van der Waals surface area contributed by atoms with E-state index in [2.05, 4.69) is 6.58 Å². The van der Waals surface area contributed by atoms with Crippen LogP contribution in [0.15, 0.2) is 104 Å². The Balaban J connectivity index is 1.52. The normalized spacial score (nSPS) is 27.9. The first kappa shape index (κ1) is 41.9. The minimum absolute atomic E-state index is 0.0124. The number of hydrogen-bond donors (Lipinski definition) is 0. The van der Waals surface area contributed by atoms with Gasteiger partial charge in [0.05, 0.1) is 45.1 Å². The standard InChI is InChI=1S/C43H52O12/c1-6-24-47-42-41(53-31(5)45)39(37(30(4)51-42)49-26-33-18-12-8-13-19-33)55-43-40(54-35(46)23-22-28(2)44)38(50-27-34-20-14-9-15-21-34)36(29(3)52-43)48-25-32-16-10-7-11-17-32/h6-21,29-30,36-43H,1,22-27H2,2-5H3/t29-,30-,36-,37-,38+,39+,40+,41+,42+,43-/m0/s1. The van der Waals surface area contributed by atoms with Crippen LogP contribution in [0, 0.1) is 0 Å². The smallest absolute Gasteiger partial charge is 0.306 e. The molecule has 0 N–H and O–H groups in total. The summed E-state index contributed by atoms with van der Waals surface area (Å²) in [5.41, 5.74) is 2.71. The van der Waals surface area contributed by atoms with Crippen molar-refractivity contribution < 1.29 is 57.0 Å². The molecular weight excluding hydrogens is 708 g/mol. The van der Waals surface area contributed by atoms with Crippen molar-refractivity contribution in [3.63, 3.8) is 0 Å². The molecule has 0 aromatic heterocycles. The minimum Gasteiger partial charge on any atom is -0.454 e. The van der Waals surface area contributed by atoms with Crippen molar-refractivity contribution in [2.24, 2.45) is 0 Å². The highest BCUT2D eigenvalue weighted by molar-refractivity contribution is 5.81. The molecule has 0 radical (unpaired) electrons. The number of esters is 2. The van der Waals surface area contributed by atoms with Crippen LogP contribution in [0.2, 0.25) is 0 Å². The van der Waals surface area contributed by atoms with Crippen molar-refractivity contribution in [3.05, 3.63) is 120 Å². The van der Waals surface area contributed by atoms with E-state index in [0.717, 1.165) is 16.7 Å². The van der Waals surface area contributed by atoms with Crippen LogP contribution in [0.4, 0.5) is 0 Å². The third kappa shape index (κ3) is 12.4. The van der Waals surface area contributed by atoms with E-state index in [4.69, 9.17) is 42.6 Å². The van der Waals surface area contributed by atoms with Crippen molar-refractivity contribution in [1.82, 2.24) is 0 Å². The van der Waals surface area contributed by atoms with Crippen LogP contribution >= 0.6 is 0 Å². The molecule has 12 nitrogen and oxygen atoms in total. The fourth-order valence-corrected chi connectivity index (χ4v) is 6.54. The maximum atomic E-state index is 13.5. The van der Waals surface area contributed by atoms with Crippen LogP contribution in [-0.4, -0.2) is 85.7 Å². The number of ketones is 1. The van der Waals surface area contributed by atoms with Gasteiger partial charge < -0.3 is 47.4 Å². The Bertz CT molecular complexity index is 1640. The monoisotopic (exact) mass is 760 g/mol. The van der Waals surface area contributed by atoms with Crippen LogP contribution in [0.25, 0.3) is 0 Å². The zero-order valence-electron chi connectivity index (χ0n) is 31.9. The molecular formula is C43H52O12. The summed E-state index contributed by atoms with van der Waals surface area (Å²) in [4.78, 5) is 38.0. The molecule has 2 fully saturated rings. The highest BCUT2D eigenvalue weighted by Gasteiger charge is 2.54. The predicted molar refractivity (Wildman–Crippen MR) is 200 cm³/mol. The molecule has 3 aromatic rings. The summed E-state index contributed by atoms with van der Waals surface area (Å²) >= 11 is 0. The highest BCUT2D eigenvalue weighted by Crippen LogP contribution is 2.36. The average Bonchev–Trinajstić information content (AvgIpc) is 3.18. The molecule has 3 aromatic carbocycles. The number of Topliss-reactive ketones (excluding diaryl/α,β-unsaturated/α-hetero) is 1. The molecule has 0 bridgehead atoms. The van der Waals surface area contributed by atoms with E-state index in [0.29, 0.717) is 0 Å². The van der Waals surface area contributed by atoms with Crippen molar-refractivity contribution in [2.45, 2.75) is 122 Å². The van der Waals surface area contributed by atoms with Gasteiger partial charge in [0.25, 0.3) is 0 Å². The summed E-state index contributed by atoms with van der Waals surface area (Å²) < 4.78 is 57.2. The number of benzene rings is 3. The van der Waals surface area contributed by atoms with Crippen LogP contribution in [0.3, 0.4) is 0 Å². The molecule has 0 spiro atoms. The second-order valence-electron chi connectivity index (χ2n) is 13.7. The lowest BCUT2D eigenvalue weighted by Gasteiger charge is -2.49. The summed E-state index contributed by atoms with van der Waals surface area (Å²) in [7, 11) is 0. The van der Waals surface area contributed by atoms with Crippen molar-refractivity contribution >= 4 is 17.7 Å². The minimum atomic E-state index is -1.29. The Kier molecular flexibility index (Phi) is 16.1. The quantitative estimate of drug-likeness (QED) is 0.104. The van der Waals surface area contributed by atoms with E-state index in [-0.39, 0.29) is 45.1 Å². The molecule has 296 valence electrons. The van der Waals surface area contributed by atoms with E-state index in [1.807, 2.05) is 105 Å². The van der Waals surface area contributed by atoms with Gasteiger partial charge in [-0.3, -0.25) is 9.59 Å². The maximum Gasteiger partial charge on any atom is 0.306 e. The molecule has 0 amide bonds. The molecule has 2 aliphatic rings. The summed E-state index contributed by atoms with van der Waals surface area (Å²) in [6.07, 6.45) is -8.14. The first-order chi connectivity index (χ1) is 26.6. The number of hydrogen-bond acceptors (Lipinski definition) is 12. The zero-order chi connectivity index (χ0) is 39.2. The summed E-state index contributed by atoms with van der Waals surface area (Å²) in [6, 6.07) is 28.8. The van der Waals surface area contributed by atoms with E-state index in [1.54, 1.807) is 6.08 Å². The molecule has 0 unspecified atom stereocenters. The predicted octanol–water partition coefficient (Wildman–Crippen LogP) is 6.03. The Morgan fingerprint density at radius 1 is 0.582 bits per heavy atom. The van der Waals surface area contributed by atoms with Crippen LogP contribution in [-0.2, 0) is 76.8 Å². The van der Waals surface area contributed by atoms with E-state index >= 15 is 0 Å². The Labute approximate surface area is 322 Å². The summed E-state index contributed by atoms with van der Waals surface area (Å²) in [5.74, 6) is -1.42. The van der Waals surface area contributed by atoms with Crippen LogP contribution in [0.5, 0.6) is 0 Å². The van der Waals surface area contributed by atoms with Gasteiger partial charge in [-0.1, -0.05) is 97.1 Å². The lowest BCUT2D eigenvalue weighted by atomic mass is 9.96. The topological polar surface area (TPSA) is 134 Å². The Hall–Kier alpha value is -4.27. The molecule has 0 saturated carbocycles.